The van der Waals surface area contributed by atoms with Crippen LogP contribution in [0.3, 0.4) is 0 Å². The molecule has 0 aliphatic heterocycles. The van der Waals surface area contributed by atoms with Gasteiger partial charge in [0.1, 0.15) is 23.5 Å². The number of fused-ring (bicyclic) bond motifs is 1. The normalized spacial score (nSPS) is 10.9. The van der Waals surface area contributed by atoms with Crippen LogP contribution in [0.25, 0.3) is 33.4 Å². The van der Waals surface area contributed by atoms with Gasteiger partial charge in [0.15, 0.2) is 0 Å². The SMILES string of the molecule is C=CC(=O)NCc1ccc(-c2c(-c3ccc(Oc4nccc(C)n4)cc3)c3c(N)ncnc3n2C)cc1. The molecule has 1 amide bonds. The molecule has 5 aromatic rings. The number of nitrogens with two attached hydrogens (primary N) is 1. The van der Waals surface area contributed by atoms with Crippen molar-refractivity contribution in [2.24, 2.45) is 7.05 Å². The van der Waals surface area contributed by atoms with E-state index in [1.54, 1.807) is 6.20 Å². The summed E-state index contributed by atoms with van der Waals surface area (Å²) in [5, 5.41) is 3.57. The molecule has 184 valence electrons. The van der Waals surface area contributed by atoms with Gasteiger partial charge < -0.3 is 20.4 Å². The molecule has 9 heteroatoms. The van der Waals surface area contributed by atoms with Crippen LogP contribution in [-0.2, 0) is 18.4 Å². The van der Waals surface area contributed by atoms with Crippen LogP contribution in [0.4, 0.5) is 5.82 Å². The standard InChI is InChI=1S/C28H25N7O2/c1-4-22(36)31-15-18-5-7-20(8-6-18)25-23(24-26(29)32-16-33-27(24)35(25)3)19-9-11-21(12-10-19)37-28-30-14-13-17(2)34-28/h4-14,16H,1,15H2,2-3H3,(H,31,36)(H2,29,32,33). The summed E-state index contributed by atoms with van der Waals surface area (Å²) in [4.78, 5) is 28.7. The molecular formula is C28H25N7O2. The Labute approximate surface area is 213 Å². The first-order chi connectivity index (χ1) is 17.9. The summed E-state index contributed by atoms with van der Waals surface area (Å²) in [6, 6.07) is 17.8. The Hall–Kier alpha value is -5.05. The van der Waals surface area contributed by atoms with E-state index in [1.165, 1.54) is 12.4 Å². The third kappa shape index (κ3) is 4.74. The Morgan fingerprint density at radius 2 is 1.78 bits per heavy atom. The number of benzene rings is 2. The minimum atomic E-state index is -0.213. The van der Waals surface area contributed by atoms with Gasteiger partial charge >= 0.3 is 6.01 Å². The first-order valence-electron chi connectivity index (χ1n) is 11.6. The number of nitrogens with one attached hydrogen (secondary N) is 1. The van der Waals surface area contributed by atoms with Crippen LogP contribution in [0.2, 0.25) is 0 Å². The van der Waals surface area contributed by atoms with Crippen LogP contribution in [0.1, 0.15) is 11.3 Å². The zero-order chi connectivity index (χ0) is 25.9. The maximum absolute atomic E-state index is 11.5. The van der Waals surface area contributed by atoms with Crippen LogP contribution in [0, 0.1) is 6.92 Å². The van der Waals surface area contributed by atoms with Crippen molar-refractivity contribution in [3.05, 3.63) is 91.0 Å². The van der Waals surface area contributed by atoms with E-state index >= 15 is 0 Å². The average Bonchev–Trinajstić information content (AvgIpc) is 3.21. The van der Waals surface area contributed by atoms with Gasteiger partial charge in [-0.3, -0.25) is 4.79 Å². The minimum Gasteiger partial charge on any atom is -0.424 e. The lowest BCUT2D eigenvalue weighted by Crippen LogP contribution is -2.19. The van der Waals surface area contributed by atoms with E-state index in [0.717, 1.165) is 44.7 Å². The molecule has 0 aliphatic carbocycles. The van der Waals surface area contributed by atoms with Crippen molar-refractivity contribution in [1.29, 1.82) is 0 Å². The van der Waals surface area contributed by atoms with Crippen molar-refractivity contribution < 1.29 is 9.53 Å². The van der Waals surface area contributed by atoms with E-state index in [0.29, 0.717) is 24.1 Å². The molecule has 0 radical (unpaired) electrons. The quantitative estimate of drug-likeness (QED) is 0.320. The summed E-state index contributed by atoms with van der Waals surface area (Å²) in [6.07, 6.45) is 4.39. The molecule has 37 heavy (non-hydrogen) atoms. The Kier molecular flexibility index (Phi) is 6.34. The number of carbonyl (C=O) groups is 1. The zero-order valence-corrected chi connectivity index (χ0v) is 20.5. The molecule has 2 aromatic carbocycles. The van der Waals surface area contributed by atoms with Crippen LogP contribution in [0.5, 0.6) is 11.8 Å². The van der Waals surface area contributed by atoms with Gasteiger partial charge in [-0.05, 0) is 47.9 Å². The molecule has 0 saturated heterocycles. The molecule has 3 heterocycles. The van der Waals surface area contributed by atoms with Crippen molar-refractivity contribution in [3.63, 3.8) is 0 Å². The van der Waals surface area contributed by atoms with Crippen molar-refractivity contribution in [3.8, 4) is 34.1 Å². The summed E-state index contributed by atoms with van der Waals surface area (Å²) in [7, 11) is 1.96. The predicted molar refractivity (Wildman–Crippen MR) is 143 cm³/mol. The topological polar surface area (TPSA) is 121 Å². The smallest absolute Gasteiger partial charge is 0.322 e. The molecular weight excluding hydrogens is 466 g/mol. The number of anilines is 1. The van der Waals surface area contributed by atoms with Crippen LogP contribution in [-0.4, -0.2) is 30.4 Å². The van der Waals surface area contributed by atoms with E-state index < -0.39 is 0 Å². The third-order valence-electron chi connectivity index (χ3n) is 6.00. The Balaban J connectivity index is 1.55. The van der Waals surface area contributed by atoms with Gasteiger partial charge in [0.2, 0.25) is 5.91 Å². The maximum Gasteiger partial charge on any atom is 0.322 e. The number of amides is 1. The molecule has 0 fully saturated rings. The highest BCUT2D eigenvalue weighted by atomic mass is 16.5. The van der Waals surface area contributed by atoms with E-state index in [1.807, 2.05) is 73.1 Å². The van der Waals surface area contributed by atoms with Crippen molar-refractivity contribution in [2.45, 2.75) is 13.5 Å². The molecule has 0 bridgehead atoms. The zero-order valence-electron chi connectivity index (χ0n) is 20.5. The Morgan fingerprint density at radius 1 is 1.05 bits per heavy atom. The van der Waals surface area contributed by atoms with Crippen molar-refractivity contribution in [1.82, 2.24) is 29.8 Å². The molecule has 0 unspecified atom stereocenters. The van der Waals surface area contributed by atoms with E-state index in [9.17, 15) is 4.79 Å². The summed E-state index contributed by atoms with van der Waals surface area (Å²) in [5.41, 5.74) is 12.6. The fourth-order valence-corrected chi connectivity index (χ4v) is 4.21. The molecule has 5 rings (SSSR count). The number of aryl methyl sites for hydroxylation is 2. The Morgan fingerprint density at radius 3 is 2.49 bits per heavy atom. The number of nitrogens with zero attached hydrogens (tertiary/aromatic N) is 5. The monoisotopic (exact) mass is 491 g/mol. The molecule has 0 saturated carbocycles. The molecule has 3 aromatic heterocycles. The summed E-state index contributed by atoms with van der Waals surface area (Å²) in [6.45, 7) is 5.78. The number of rotatable bonds is 7. The van der Waals surface area contributed by atoms with Gasteiger partial charge in [0.25, 0.3) is 0 Å². The highest BCUT2D eigenvalue weighted by molar-refractivity contribution is 6.07. The summed E-state index contributed by atoms with van der Waals surface area (Å²) < 4.78 is 7.85. The largest absolute Gasteiger partial charge is 0.424 e. The van der Waals surface area contributed by atoms with Gasteiger partial charge in [-0.25, -0.2) is 19.9 Å². The molecule has 0 atom stereocenters. The molecule has 0 spiro atoms. The number of ether oxygens (including phenoxy) is 1. The molecule has 9 nitrogen and oxygen atoms in total. The van der Waals surface area contributed by atoms with Gasteiger partial charge in [-0.1, -0.05) is 43.0 Å². The van der Waals surface area contributed by atoms with E-state index in [-0.39, 0.29) is 5.91 Å². The van der Waals surface area contributed by atoms with Crippen LogP contribution in [0.15, 0.2) is 79.8 Å². The first kappa shape index (κ1) is 23.7. The van der Waals surface area contributed by atoms with Crippen molar-refractivity contribution >= 4 is 22.8 Å². The lowest BCUT2D eigenvalue weighted by atomic mass is 9.98. The Bertz CT molecular complexity index is 1610. The average molecular weight is 492 g/mol. The van der Waals surface area contributed by atoms with Crippen LogP contribution >= 0.6 is 0 Å². The third-order valence-corrected chi connectivity index (χ3v) is 6.00. The predicted octanol–water partition coefficient (Wildman–Crippen LogP) is 4.58. The van der Waals surface area contributed by atoms with Gasteiger partial charge in [0, 0.05) is 31.0 Å². The van der Waals surface area contributed by atoms with E-state index in [4.69, 9.17) is 10.5 Å². The number of aromatic nitrogens is 5. The second kappa shape index (κ2) is 9.90. The number of hydrogen-bond donors (Lipinski definition) is 2. The minimum absolute atomic E-state index is 0.213. The van der Waals surface area contributed by atoms with E-state index in [2.05, 4.69) is 31.8 Å². The highest BCUT2D eigenvalue weighted by Crippen LogP contribution is 2.42. The fourth-order valence-electron chi connectivity index (χ4n) is 4.21. The summed E-state index contributed by atoms with van der Waals surface area (Å²) >= 11 is 0. The lowest BCUT2D eigenvalue weighted by Gasteiger charge is -2.11. The first-order valence-corrected chi connectivity index (χ1v) is 11.6. The van der Waals surface area contributed by atoms with Gasteiger partial charge in [0.05, 0.1) is 11.1 Å². The molecule has 3 N–H and O–H groups in total. The number of carbonyl (C=O) groups excluding carboxylic acids is 1. The maximum atomic E-state index is 11.5. The van der Waals surface area contributed by atoms with Gasteiger partial charge in [-0.15, -0.1) is 0 Å². The lowest BCUT2D eigenvalue weighted by molar-refractivity contribution is -0.116. The van der Waals surface area contributed by atoms with Crippen molar-refractivity contribution in [2.75, 3.05) is 5.73 Å². The highest BCUT2D eigenvalue weighted by Gasteiger charge is 2.22. The number of hydrogen-bond acceptors (Lipinski definition) is 7. The second-order valence-electron chi connectivity index (χ2n) is 8.47. The summed E-state index contributed by atoms with van der Waals surface area (Å²) in [5.74, 6) is 0.806. The second-order valence-corrected chi connectivity index (χ2v) is 8.47. The fraction of sp³-hybridized carbons (Fsp3) is 0.107. The molecule has 0 aliphatic rings. The number of nitrogen functional groups attached to an aromatic ring is 1. The van der Waals surface area contributed by atoms with Crippen LogP contribution < -0.4 is 15.8 Å². The van der Waals surface area contributed by atoms with Gasteiger partial charge in [-0.2, -0.15) is 0 Å².